The fraction of sp³-hybridized carbons (Fsp3) is 0.286. The van der Waals surface area contributed by atoms with E-state index in [2.05, 4.69) is 21.2 Å². The summed E-state index contributed by atoms with van der Waals surface area (Å²) in [6.07, 6.45) is 0. The number of anilines is 1. The lowest BCUT2D eigenvalue weighted by atomic mass is 10.2. The van der Waals surface area contributed by atoms with E-state index in [1.54, 1.807) is 0 Å². The van der Waals surface area contributed by atoms with Gasteiger partial charge in [0.15, 0.2) is 5.82 Å². The van der Waals surface area contributed by atoms with Crippen molar-refractivity contribution in [2.45, 2.75) is 20.4 Å². The number of hydrogen-bond donors (Lipinski definition) is 0. The smallest absolute Gasteiger partial charge is 0.151 e. The molecule has 2 aromatic rings. The summed E-state index contributed by atoms with van der Waals surface area (Å²) in [7, 11) is 2.01. The molecule has 0 fully saturated rings. The molecular formula is C14H16ClN3. The van der Waals surface area contributed by atoms with Crippen LogP contribution >= 0.6 is 11.6 Å². The van der Waals surface area contributed by atoms with E-state index in [4.69, 9.17) is 11.6 Å². The molecule has 0 aliphatic heterocycles. The van der Waals surface area contributed by atoms with E-state index in [1.807, 2.05) is 45.2 Å². The van der Waals surface area contributed by atoms with Crippen LogP contribution in [0, 0.1) is 13.8 Å². The Bertz CT molecular complexity index is 537. The summed E-state index contributed by atoms with van der Waals surface area (Å²) in [6, 6.07) is 9.90. The van der Waals surface area contributed by atoms with Crippen molar-refractivity contribution in [1.29, 1.82) is 0 Å². The van der Waals surface area contributed by atoms with Crippen LogP contribution in [-0.2, 0) is 6.54 Å². The highest BCUT2D eigenvalue weighted by atomic mass is 35.5. The van der Waals surface area contributed by atoms with Gasteiger partial charge in [0.2, 0.25) is 0 Å². The van der Waals surface area contributed by atoms with Crippen LogP contribution in [0.1, 0.15) is 16.8 Å². The van der Waals surface area contributed by atoms with Crippen molar-refractivity contribution in [3.05, 3.63) is 52.2 Å². The summed E-state index contributed by atoms with van der Waals surface area (Å²) >= 11 is 5.87. The summed E-state index contributed by atoms with van der Waals surface area (Å²) in [4.78, 5) is 2.07. The zero-order chi connectivity index (χ0) is 13.1. The summed E-state index contributed by atoms with van der Waals surface area (Å²) < 4.78 is 0. The van der Waals surface area contributed by atoms with Crippen LogP contribution in [-0.4, -0.2) is 17.2 Å². The van der Waals surface area contributed by atoms with Crippen LogP contribution in [0.25, 0.3) is 0 Å². The Morgan fingerprint density at radius 2 is 1.78 bits per heavy atom. The molecule has 1 heterocycles. The highest BCUT2D eigenvalue weighted by Crippen LogP contribution is 2.16. The van der Waals surface area contributed by atoms with Gasteiger partial charge in [-0.1, -0.05) is 23.7 Å². The SMILES string of the molecule is Cc1cc(N(C)Cc2ccc(Cl)cc2)nnc1C. The van der Waals surface area contributed by atoms with Gasteiger partial charge in [-0.2, -0.15) is 5.10 Å². The summed E-state index contributed by atoms with van der Waals surface area (Å²) in [6.45, 7) is 4.79. The topological polar surface area (TPSA) is 29.0 Å². The van der Waals surface area contributed by atoms with Gasteiger partial charge in [0.25, 0.3) is 0 Å². The van der Waals surface area contributed by atoms with Crippen molar-refractivity contribution in [3.63, 3.8) is 0 Å². The third-order valence-electron chi connectivity index (χ3n) is 2.94. The molecule has 0 atom stereocenters. The highest BCUT2D eigenvalue weighted by molar-refractivity contribution is 6.30. The molecule has 0 amide bonds. The second-order valence-corrected chi connectivity index (χ2v) is 4.89. The second-order valence-electron chi connectivity index (χ2n) is 4.45. The van der Waals surface area contributed by atoms with Crippen molar-refractivity contribution in [3.8, 4) is 0 Å². The lowest BCUT2D eigenvalue weighted by Crippen LogP contribution is -2.18. The van der Waals surface area contributed by atoms with E-state index in [0.29, 0.717) is 0 Å². The largest absolute Gasteiger partial charge is 0.354 e. The Labute approximate surface area is 112 Å². The molecule has 0 saturated carbocycles. The van der Waals surface area contributed by atoms with Crippen LogP contribution in [0.3, 0.4) is 0 Å². The van der Waals surface area contributed by atoms with E-state index in [9.17, 15) is 0 Å². The van der Waals surface area contributed by atoms with Gasteiger partial charge in [-0.3, -0.25) is 0 Å². The Morgan fingerprint density at radius 1 is 1.11 bits per heavy atom. The summed E-state index contributed by atoms with van der Waals surface area (Å²) in [5.41, 5.74) is 3.32. The Kier molecular flexibility index (Phi) is 3.82. The minimum Gasteiger partial charge on any atom is -0.354 e. The number of hydrogen-bond acceptors (Lipinski definition) is 3. The number of nitrogens with zero attached hydrogens (tertiary/aromatic N) is 3. The molecule has 3 nitrogen and oxygen atoms in total. The van der Waals surface area contributed by atoms with E-state index in [0.717, 1.165) is 28.6 Å². The van der Waals surface area contributed by atoms with Crippen LogP contribution < -0.4 is 4.90 Å². The maximum absolute atomic E-state index is 5.87. The van der Waals surface area contributed by atoms with Crippen molar-refractivity contribution < 1.29 is 0 Å². The van der Waals surface area contributed by atoms with Gasteiger partial charge in [0.05, 0.1) is 5.69 Å². The first-order chi connectivity index (χ1) is 8.56. The van der Waals surface area contributed by atoms with Gasteiger partial charge in [-0.05, 0) is 43.2 Å². The van der Waals surface area contributed by atoms with Crippen LogP contribution in [0.15, 0.2) is 30.3 Å². The first-order valence-electron chi connectivity index (χ1n) is 5.83. The maximum atomic E-state index is 5.87. The second kappa shape index (κ2) is 5.36. The number of benzene rings is 1. The average molecular weight is 262 g/mol. The lowest BCUT2D eigenvalue weighted by Gasteiger charge is -2.18. The highest BCUT2D eigenvalue weighted by Gasteiger charge is 2.06. The number of rotatable bonds is 3. The molecule has 0 bridgehead atoms. The van der Waals surface area contributed by atoms with Gasteiger partial charge >= 0.3 is 0 Å². The molecule has 0 N–H and O–H groups in total. The lowest BCUT2D eigenvalue weighted by molar-refractivity contribution is 0.851. The molecule has 2 rings (SSSR count). The molecular weight excluding hydrogens is 246 g/mol. The third kappa shape index (κ3) is 2.99. The minimum absolute atomic E-state index is 0.757. The predicted molar refractivity (Wildman–Crippen MR) is 75.1 cm³/mol. The zero-order valence-electron chi connectivity index (χ0n) is 10.8. The number of aromatic nitrogens is 2. The minimum atomic E-state index is 0.757. The van der Waals surface area contributed by atoms with E-state index >= 15 is 0 Å². The Morgan fingerprint density at radius 3 is 2.39 bits per heavy atom. The standard InChI is InChI=1S/C14H16ClN3/c1-10-8-14(17-16-11(10)2)18(3)9-12-4-6-13(15)7-5-12/h4-8H,9H2,1-3H3. The fourth-order valence-corrected chi connectivity index (χ4v) is 1.79. The zero-order valence-corrected chi connectivity index (χ0v) is 11.6. The Balaban J connectivity index is 2.13. The molecule has 94 valence electrons. The molecule has 0 spiro atoms. The normalized spacial score (nSPS) is 10.4. The fourth-order valence-electron chi connectivity index (χ4n) is 1.66. The van der Waals surface area contributed by atoms with Crippen molar-refractivity contribution in [1.82, 2.24) is 10.2 Å². The monoisotopic (exact) mass is 261 g/mol. The van der Waals surface area contributed by atoms with Gasteiger partial charge in [-0.25, -0.2) is 0 Å². The van der Waals surface area contributed by atoms with E-state index in [1.165, 1.54) is 5.56 Å². The molecule has 0 unspecified atom stereocenters. The average Bonchev–Trinajstić information content (AvgIpc) is 2.35. The molecule has 1 aromatic heterocycles. The molecule has 1 aromatic carbocycles. The van der Waals surface area contributed by atoms with Gasteiger partial charge in [0, 0.05) is 18.6 Å². The maximum Gasteiger partial charge on any atom is 0.151 e. The number of aryl methyl sites for hydroxylation is 2. The van der Waals surface area contributed by atoms with Crippen molar-refractivity contribution >= 4 is 17.4 Å². The van der Waals surface area contributed by atoms with Crippen LogP contribution in [0.4, 0.5) is 5.82 Å². The third-order valence-corrected chi connectivity index (χ3v) is 3.19. The van der Waals surface area contributed by atoms with E-state index < -0.39 is 0 Å². The van der Waals surface area contributed by atoms with Crippen molar-refractivity contribution in [2.75, 3.05) is 11.9 Å². The number of halogens is 1. The first-order valence-corrected chi connectivity index (χ1v) is 6.20. The molecule has 18 heavy (non-hydrogen) atoms. The van der Waals surface area contributed by atoms with Crippen LogP contribution in [0.5, 0.6) is 0 Å². The first kappa shape index (κ1) is 12.8. The van der Waals surface area contributed by atoms with Gasteiger partial charge < -0.3 is 4.90 Å². The predicted octanol–water partition coefficient (Wildman–Crippen LogP) is 3.38. The quantitative estimate of drug-likeness (QED) is 0.848. The van der Waals surface area contributed by atoms with Crippen molar-refractivity contribution in [2.24, 2.45) is 0 Å². The summed E-state index contributed by atoms with van der Waals surface area (Å²) in [5, 5.41) is 9.10. The van der Waals surface area contributed by atoms with Crippen LogP contribution in [0.2, 0.25) is 5.02 Å². The van der Waals surface area contributed by atoms with Gasteiger partial charge in [0.1, 0.15) is 0 Å². The molecule has 0 radical (unpaired) electrons. The Hall–Kier alpha value is -1.61. The molecule has 4 heteroatoms. The molecule has 0 saturated heterocycles. The molecule has 0 aliphatic rings. The molecule has 0 aliphatic carbocycles. The van der Waals surface area contributed by atoms with Gasteiger partial charge in [-0.15, -0.1) is 5.10 Å². The summed E-state index contributed by atoms with van der Waals surface area (Å²) in [5.74, 6) is 0.882. The van der Waals surface area contributed by atoms with E-state index in [-0.39, 0.29) is 0 Å².